The van der Waals surface area contributed by atoms with Gasteiger partial charge in [-0.3, -0.25) is 9.78 Å². The predicted molar refractivity (Wildman–Crippen MR) is 83.6 cm³/mol. The molecule has 0 unspecified atom stereocenters. The number of nitrogens with zero attached hydrogens (tertiary/aromatic N) is 4. The van der Waals surface area contributed by atoms with Gasteiger partial charge in [0.1, 0.15) is 11.5 Å². The van der Waals surface area contributed by atoms with Crippen LogP contribution in [0, 0.1) is 6.92 Å². The van der Waals surface area contributed by atoms with Gasteiger partial charge in [0, 0.05) is 26.0 Å². The monoisotopic (exact) mass is 297 g/mol. The fraction of sp³-hybridized carbons (Fsp3) is 0.375. The van der Waals surface area contributed by atoms with Crippen LogP contribution in [-0.4, -0.2) is 39.4 Å². The molecule has 3 rings (SSSR count). The fourth-order valence-corrected chi connectivity index (χ4v) is 2.80. The average molecular weight is 297 g/mol. The number of pyridine rings is 1. The number of rotatable bonds is 3. The van der Waals surface area contributed by atoms with Gasteiger partial charge in [-0.15, -0.1) is 0 Å². The standard InChI is InChI=1S/C16H19N5O/c1-11-9-20-13(10-19-11)16(22)21-7-3-4-14(21)12-5-6-18-15(8-12)17-2/h5-6,8-10,14H,3-4,7H2,1-2H3,(H,17,18)/t14-/m1/s1. The normalized spacial score (nSPS) is 17.5. The van der Waals surface area contributed by atoms with Crippen LogP contribution < -0.4 is 5.32 Å². The first-order valence-corrected chi connectivity index (χ1v) is 7.42. The van der Waals surface area contributed by atoms with Crippen molar-refractivity contribution in [1.82, 2.24) is 19.9 Å². The Morgan fingerprint density at radius 3 is 2.91 bits per heavy atom. The molecule has 2 aromatic rings. The van der Waals surface area contributed by atoms with E-state index >= 15 is 0 Å². The molecule has 1 atom stereocenters. The van der Waals surface area contributed by atoms with E-state index in [0.717, 1.165) is 36.5 Å². The zero-order chi connectivity index (χ0) is 15.5. The zero-order valence-corrected chi connectivity index (χ0v) is 12.8. The van der Waals surface area contributed by atoms with E-state index in [2.05, 4.69) is 20.3 Å². The average Bonchev–Trinajstić information content (AvgIpc) is 3.04. The molecule has 114 valence electrons. The number of carbonyl (C=O) groups is 1. The topological polar surface area (TPSA) is 71.0 Å². The van der Waals surface area contributed by atoms with Gasteiger partial charge in [-0.25, -0.2) is 9.97 Å². The lowest BCUT2D eigenvalue weighted by Gasteiger charge is -2.25. The minimum absolute atomic E-state index is 0.0576. The molecule has 3 heterocycles. The van der Waals surface area contributed by atoms with E-state index in [-0.39, 0.29) is 11.9 Å². The first-order chi connectivity index (χ1) is 10.7. The summed E-state index contributed by atoms with van der Waals surface area (Å²) in [7, 11) is 1.84. The van der Waals surface area contributed by atoms with Gasteiger partial charge in [0.05, 0.1) is 17.9 Å². The van der Waals surface area contributed by atoms with Crippen molar-refractivity contribution in [2.75, 3.05) is 18.9 Å². The Kier molecular flexibility index (Phi) is 4.00. The maximum absolute atomic E-state index is 12.7. The van der Waals surface area contributed by atoms with Gasteiger partial charge < -0.3 is 10.2 Å². The highest BCUT2D eigenvalue weighted by Crippen LogP contribution is 2.33. The van der Waals surface area contributed by atoms with Crippen LogP contribution >= 0.6 is 0 Å². The summed E-state index contributed by atoms with van der Waals surface area (Å²) in [5.41, 5.74) is 2.31. The Morgan fingerprint density at radius 1 is 1.32 bits per heavy atom. The molecular formula is C16H19N5O. The van der Waals surface area contributed by atoms with E-state index in [9.17, 15) is 4.79 Å². The number of likely N-dealkylation sites (tertiary alicyclic amines) is 1. The van der Waals surface area contributed by atoms with Crippen molar-refractivity contribution >= 4 is 11.7 Å². The van der Waals surface area contributed by atoms with Gasteiger partial charge in [-0.2, -0.15) is 0 Å². The quantitative estimate of drug-likeness (QED) is 0.940. The third kappa shape index (κ3) is 2.77. The van der Waals surface area contributed by atoms with E-state index in [1.165, 1.54) is 0 Å². The van der Waals surface area contributed by atoms with Crippen molar-refractivity contribution < 1.29 is 4.79 Å². The van der Waals surface area contributed by atoms with Gasteiger partial charge in [0.25, 0.3) is 5.91 Å². The molecule has 1 fully saturated rings. The van der Waals surface area contributed by atoms with E-state index in [1.54, 1.807) is 18.6 Å². The Balaban J connectivity index is 1.86. The SMILES string of the molecule is CNc1cc([C@H]2CCCN2C(=O)c2cnc(C)cn2)ccn1. The molecule has 1 aliphatic heterocycles. The summed E-state index contributed by atoms with van der Waals surface area (Å²) in [5, 5.41) is 3.04. The third-order valence-corrected chi connectivity index (χ3v) is 3.94. The number of nitrogens with one attached hydrogen (secondary N) is 1. The molecule has 1 N–H and O–H groups in total. The molecule has 0 aromatic carbocycles. The summed E-state index contributed by atoms with van der Waals surface area (Å²) < 4.78 is 0. The summed E-state index contributed by atoms with van der Waals surface area (Å²) in [6, 6.07) is 4.04. The Bertz CT molecular complexity index is 670. The molecule has 2 aromatic heterocycles. The molecule has 0 radical (unpaired) electrons. The van der Waals surface area contributed by atoms with Gasteiger partial charge in [0.15, 0.2) is 0 Å². The first kappa shape index (κ1) is 14.4. The fourth-order valence-electron chi connectivity index (χ4n) is 2.80. The van der Waals surface area contributed by atoms with Crippen LogP contribution in [0.1, 0.15) is 40.6 Å². The molecule has 0 bridgehead atoms. The maximum Gasteiger partial charge on any atom is 0.274 e. The number of aromatic nitrogens is 3. The number of aryl methyl sites for hydroxylation is 1. The van der Waals surface area contributed by atoms with Crippen LogP contribution in [0.25, 0.3) is 0 Å². The van der Waals surface area contributed by atoms with Crippen molar-refractivity contribution in [2.45, 2.75) is 25.8 Å². The smallest absolute Gasteiger partial charge is 0.274 e. The third-order valence-electron chi connectivity index (χ3n) is 3.94. The van der Waals surface area contributed by atoms with Crippen molar-refractivity contribution in [2.24, 2.45) is 0 Å². The lowest BCUT2D eigenvalue weighted by molar-refractivity contribution is 0.0729. The zero-order valence-electron chi connectivity index (χ0n) is 12.8. The molecule has 1 aliphatic rings. The molecule has 0 spiro atoms. The number of anilines is 1. The van der Waals surface area contributed by atoms with Crippen molar-refractivity contribution in [3.05, 3.63) is 47.7 Å². The van der Waals surface area contributed by atoms with Gasteiger partial charge in [-0.1, -0.05) is 0 Å². The number of hydrogen-bond donors (Lipinski definition) is 1. The lowest BCUT2D eigenvalue weighted by atomic mass is 10.1. The van der Waals surface area contributed by atoms with E-state index in [4.69, 9.17) is 0 Å². The molecule has 1 amide bonds. The summed E-state index contributed by atoms with van der Waals surface area (Å²) in [5.74, 6) is 0.754. The second-order valence-electron chi connectivity index (χ2n) is 5.42. The minimum Gasteiger partial charge on any atom is -0.373 e. The highest BCUT2D eigenvalue weighted by molar-refractivity contribution is 5.92. The van der Waals surface area contributed by atoms with Crippen LogP contribution in [0.3, 0.4) is 0 Å². The van der Waals surface area contributed by atoms with Gasteiger partial charge >= 0.3 is 0 Å². The highest BCUT2D eigenvalue weighted by atomic mass is 16.2. The maximum atomic E-state index is 12.7. The van der Waals surface area contributed by atoms with Crippen LogP contribution in [0.15, 0.2) is 30.7 Å². The van der Waals surface area contributed by atoms with Crippen LogP contribution in [0.2, 0.25) is 0 Å². The molecule has 6 heteroatoms. The molecule has 1 saturated heterocycles. The van der Waals surface area contributed by atoms with Crippen molar-refractivity contribution in [3.63, 3.8) is 0 Å². The molecule has 22 heavy (non-hydrogen) atoms. The molecule has 0 aliphatic carbocycles. The van der Waals surface area contributed by atoms with Crippen molar-refractivity contribution in [1.29, 1.82) is 0 Å². The van der Waals surface area contributed by atoms with Crippen molar-refractivity contribution in [3.8, 4) is 0 Å². The number of amides is 1. The Hall–Kier alpha value is -2.50. The minimum atomic E-state index is -0.0576. The lowest BCUT2D eigenvalue weighted by Crippen LogP contribution is -2.31. The van der Waals surface area contributed by atoms with E-state index < -0.39 is 0 Å². The molecule has 0 saturated carbocycles. The van der Waals surface area contributed by atoms with E-state index in [1.807, 2.05) is 31.0 Å². The first-order valence-electron chi connectivity index (χ1n) is 7.42. The number of hydrogen-bond acceptors (Lipinski definition) is 5. The van der Waals surface area contributed by atoms with Crippen LogP contribution in [-0.2, 0) is 0 Å². The summed E-state index contributed by atoms with van der Waals surface area (Å²) in [6.07, 6.45) is 6.90. The highest BCUT2D eigenvalue weighted by Gasteiger charge is 2.31. The summed E-state index contributed by atoms with van der Waals surface area (Å²) >= 11 is 0. The second kappa shape index (κ2) is 6.09. The second-order valence-corrected chi connectivity index (χ2v) is 5.42. The Labute approximate surface area is 129 Å². The number of carbonyl (C=O) groups excluding carboxylic acids is 1. The van der Waals surface area contributed by atoms with Gasteiger partial charge in [0.2, 0.25) is 0 Å². The molecule has 6 nitrogen and oxygen atoms in total. The summed E-state index contributed by atoms with van der Waals surface area (Å²) in [4.78, 5) is 27.2. The molecular weight excluding hydrogens is 278 g/mol. The van der Waals surface area contributed by atoms with Crippen LogP contribution in [0.4, 0.5) is 5.82 Å². The Morgan fingerprint density at radius 2 is 2.18 bits per heavy atom. The largest absolute Gasteiger partial charge is 0.373 e. The van der Waals surface area contributed by atoms with Crippen LogP contribution in [0.5, 0.6) is 0 Å². The summed E-state index contributed by atoms with van der Waals surface area (Å²) in [6.45, 7) is 2.60. The van der Waals surface area contributed by atoms with E-state index in [0.29, 0.717) is 5.69 Å². The van der Waals surface area contributed by atoms with Gasteiger partial charge in [-0.05, 0) is 37.5 Å². The predicted octanol–water partition coefficient (Wildman–Crippen LogP) is 2.20.